The fourth-order valence-electron chi connectivity index (χ4n) is 4.24. The van der Waals surface area contributed by atoms with Crippen molar-refractivity contribution in [1.82, 2.24) is 14.3 Å². The molecule has 0 bridgehead atoms. The smallest absolute Gasteiger partial charge is 0.271 e. The van der Waals surface area contributed by atoms with Crippen molar-refractivity contribution in [3.8, 4) is 5.69 Å². The molecule has 2 aromatic carbocycles. The van der Waals surface area contributed by atoms with Crippen molar-refractivity contribution >= 4 is 0 Å². The number of hydrogen-bond acceptors (Lipinski definition) is 2. The van der Waals surface area contributed by atoms with Gasteiger partial charge >= 0.3 is 11.9 Å². The van der Waals surface area contributed by atoms with E-state index in [1.165, 1.54) is 16.8 Å². The molecule has 2 aliphatic rings. The van der Waals surface area contributed by atoms with Gasteiger partial charge in [0.1, 0.15) is 5.82 Å². The van der Waals surface area contributed by atoms with Crippen LogP contribution in [0.25, 0.3) is 5.69 Å². The molecule has 0 amide bonds. The molecule has 1 saturated carbocycles. The van der Waals surface area contributed by atoms with Gasteiger partial charge in [-0.3, -0.25) is 4.57 Å². The van der Waals surface area contributed by atoms with Crippen molar-refractivity contribution in [1.29, 1.82) is 0 Å². The van der Waals surface area contributed by atoms with Gasteiger partial charge in [0.05, 0.1) is 17.1 Å². The summed E-state index contributed by atoms with van der Waals surface area (Å²) in [5.41, 5.74) is -0.179. The number of benzene rings is 2. The Morgan fingerprint density at radius 1 is 1.00 bits per heavy atom. The van der Waals surface area contributed by atoms with Crippen LogP contribution >= 0.6 is 0 Å². The molecule has 1 aliphatic heterocycles. The number of aryl methyl sites for hydroxylation is 1. The van der Waals surface area contributed by atoms with Gasteiger partial charge in [0.15, 0.2) is 0 Å². The summed E-state index contributed by atoms with van der Waals surface area (Å²) < 4.78 is 42.9. The third-order valence-electron chi connectivity index (χ3n) is 5.98. The number of aromatic nitrogens is 3. The Balaban J connectivity index is 1.50. The van der Waals surface area contributed by atoms with Gasteiger partial charge < -0.3 is 0 Å². The van der Waals surface area contributed by atoms with Crippen LogP contribution < -0.4 is 5.69 Å². The van der Waals surface area contributed by atoms with E-state index in [1.807, 2.05) is 30.3 Å². The van der Waals surface area contributed by atoms with E-state index in [0.29, 0.717) is 17.9 Å². The topological polar surface area (TPSA) is 39.8 Å². The van der Waals surface area contributed by atoms with Crippen LogP contribution in [0.3, 0.4) is 0 Å². The zero-order valence-electron chi connectivity index (χ0n) is 15.0. The monoisotopic (exact) mass is 385 g/mol. The van der Waals surface area contributed by atoms with Gasteiger partial charge in [-0.05, 0) is 42.5 Å². The number of halogens is 3. The first-order chi connectivity index (χ1) is 13.4. The number of alkyl halides is 3. The molecule has 4 nitrogen and oxygen atoms in total. The average Bonchev–Trinajstić information content (AvgIpc) is 3.32. The number of nitrogens with zero attached hydrogens (tertiary/aromatic N) is 3. The second-order valence-corrected chi connectivity index (χ2v) is 7.57. The van der Waals surface area contributed by atoms with Crippen LogP contribution in [-0.2, 0) is 11.8 Å². The minimum atomic E-state index is -4.25. The minimum absolute atomic E-state index is 0.0586. The molecule has 1 fully saturated rings. The third-order valence-corrected chi connectivity index (χ3v) is 5.98. The summed E-state index contributed by atoms with van der Waals surface area (Å²) in [4.78, 5) is 13.0. The van der Waals surface area contributed by atoms with E-state index >= 15 is 0 Å². The number of rotatable bonds is 3. The number of fused-ring (bicyclic) bond motifs is 1. The average molecular weight is 385 g/mol. The molecule has 0 saturated heterocycles. The van der Waals surface area contributed by atoms with E-state index in [9.17, 15) is 18.0 Å². The Hall–Kier alpha value is -2.83. The lowest BCUT2D eigenvalue weighted by atomic mass is 9.95. The highest BCUT2D eigenvalue weighted by Crippen LogP contribution is 2.58. The fourth-order valence-corrected chi connectivity index (χ4v) is 4.24. The molecule has 7 heteroatoms. The first-order valence-electron chi connectivity index (χ1n) is 9.34. The maximum atomic E-state index is 13.3. The van der Waals surface area contributed by atoms with Gasteiger partial charge in [-0.25, -0.2) is 4.79 Å². The van der Waals surface area contributed by atoms with Crippen molar-refractivity contribution in [2.75, 3.05) is 0 Å². The van der Waals surface area contributed by atoms with E-state index in [2.05, 4.69) is 5.10 Å². The van der Waals surface area contributed by atoms with E-state index in [4.69, 9.17) is 0 Å². The maximum absolute atomic E-state index is 13.3. The summed E-state index contributed by atoms with van der Waals surface area (Å²) in [7, 11) is 0. The third kappa shape index (κ3) is 2.45. The van der Waals surface area contributed by atoms with E-state index in [-0.39, 0.29) is 30.1 Å². The second-order valence-electron chi connectivity index (χ2n) is 7.57. The molecule has 1 aliphatic carbocycles. The highest BCUT2D eigenvalue weighted by Gasteiger charge is 2.64. The lowest BCUT2D eigenvalue weighted by molar-refractivity contribution is -0.160. The summed E-state index contributed by atoms with van der Waals surface area (Å²) in [5, 5.41) is 4.44. The molecule has 144 valence electrons. The first-order valence-corrected chi connectivity index (χ1v) is 9.34. The summed E-state index contributed by atoms with van der Waals surface area (Å²) in [6, 6.07) is 15.8. The quantitative estimate of drug-likeness (QED) is 0.679. The largest absolute Gasteiger partial charge is 0.398 e. The predicted octanol–water partition coefficient (Wildman–Crippen LogP) is 4.16. The zero-order chi connectivity index (χ0) is 19.5. The molecule has 0 radical (unpaired) electrons. The molecular formula is C21H18F3N3O. The molecule has 2 heterocycles. The van der Waals surface area contributed by atoms with E-state index in [0.717, 1.165) is 12.0 Å². The molecule has 5 rings (SSSR count). The highest BCUT2D eigenvalue weighted by molar-refractivity contribution is 5.41. The van der Waals surface area contributed by atoms with Crippen molar-refractivity contribution in [3.05, 3.63) is 82.0 Å². The molecule has 28 heavy (non-hydrogen) atoms. The molecule has 0 N–H and O–H groups in total. The standard InChI is InChI=1S/C21H18F3N3O/c22-21(23,24)20(12-13-20)15-6-8-16(9-7-15)27-19(28)26-17(10-11-18(26)25-27)14-4-2-1-3-5-14/h1-9,17H,10-13H2/t17-/m0/s1. The van der Waals surface area contributed by atoms with Crippen molar-refractivity contribution in [2.45, 2.75) is 43.3 Å². The normalized spacial score (nSPS) is 20.2. The zero-order valence-corrected chi connectivity index (χ0v) is 15.0. The summed E-state index contributed by atoms with van der Waals surface area (Å²) >= 11 is 0. The minimum Gasteiger partial charge on any atom is -0.271 e. The SMILES string of the molecule is O=c1n(-c2ccc(C3(C(F)(F)F)CC3)cc2)nc2n1[C@H](c1ccccc1)CC2. The van der Waals surface area contributed by atoms with Gasteiger partial charge in [0, 0.05) is 6.42 Å². The van der Waals surface area contributed by atoms with Crippen LogP contribution in [0.15, 0.2) is 59.4 Å². The summed E-state index contributed by atoms with van der Waals surface area (Å²) in [6.07, 6.45) is -2.50. The Morgan fingerprint density at radius 3 is 2.29 bits per heavy atom. The van der Waals surface area contributed by atoms with Gasteiger partial charge in [-0.1, -0.05) is 42.5 Å². The Kier molecular flexibility index (Phi) is 3.60. The van der Waals surface area contributed by atoms with Gasteiger partial charge in [-0.15, -0.1) is 5.10 Å². The Labute approximate surface area is 159 Å². The van der Waals surface area contributed by atoms with Crippen LogP contribution in [-0.4, -0.2) is 20.5 Å². The highest BCUT2D eigenvalue weighted by atomic mass is 19.4. The molecule has 0 unspecified atom stereocenters. The van der Waals surface area contributed by atoms with Crippen LogP contribution in [0, 0.1) is 0 Å². The first kappa shape index (κ1) is 17.3. The van der Waals surface area contributed by atoms with Crippen molar-refractivity contribution < 1.29 is 13.2 Å². The van der Waals surface area contributed by atoms with Crippen LogP contribution in [0.4, 0.5) is 13.2 Å². The molecular weight excluding hydrogens is 367 g/mol. The Bertz CT molecular complexity index is 1080. The van der Waals surface area contributed by atoms with E-state index < -0.39 is 11.6 Å². The lowest BCUT2D eigenvalue weighted by Gasteiger charge is -2.19. The Morgan fingerprint density at radius 2 is 1.68 bits per heavy atom. The van der Waals surface area contributed by atoms with Gasteiger partial charge in [0.25, 0.3) is 0 Å². The predicted molar refractivity (Wildman–Crippen MR) is 97.7 cm³/mol. The summed E-state index contributed by atoms with van der Waals surface area (Å²) in [6.45, 7) is 0. The molecule has 0 spiro atoms. The number of hydrogen-bond donors (Lipinski definition) is 0. The van der Waals surface area contributed by atoms with Crippen LogP contribution in [0.1, 0.15) is 42.3 Å². The summed E-state index contributed by atoms with van der Waals surface area (Å²) in [5.74, 6) is 0.705. The fraction of sp³-hybridized carbons (Fsp3) is 0.333. The maximum Gasteiger partial charge on any atom is 0.398 e. The van der Waals surface area contributed by atoms with Gasteiger partial charge in [0.2, 0.25) is 0 Å². The van der Waals surface area contributed by atoms with E-state index in [1.54, 1.807) is 16.7 Å². The van der Waals surface area contributed by atoms with Crippen LogP contribution in [0.5, 0.6) is 0 Å². The lowest BCUT2D eigenvalue weighted by Crippen LogP contribution is -2.29. The van der Waals surface area contributed by atoms with Crippen molar-refractivity contribution in [3.63, 3.8) is 0 Å². The van der Waals surface area contributed by atoms with Crippen molar-refractivity contribution in [2.24, 2.45) is 0 Å². The van der Waals surface area contributed by atoms with Gasteiger partial charge in [-0.2, -0.15) is 17.9 Å². The second kappa shape index (κ2) is 5.83. The molecule has 1 atom stereocenters. The van der Waals surface area contributed by atoms with Crippen LogP contribution in [0.2, 0.25) is 0 Å². The molecule has 3 aromatic rings. The molecule has 1 aromatic heterocycles.